The third kappa shape index (κ3) is 4.53. The molecule has 0 saturated heterocycles. The summed E-state index contributed by atoms with van der Waals surface area (Å²) in [4.78, 5) is 13.5. The molecule has 194 valence electrons. The van der Waals surface area contributed by atoms with Gasteiger partial charge in [-0.2, -0.15) is 15.1 Å². The lowest BCUT2D eigenvalue weighted by Gasteiger charge is -2.20. The van der Waals surface area contributed by atoms with Crippen molar-refractivity contribution in [2.24, 2.45) is 0 Å². The van der Waals surface area contributed by atoms with Crippen LogP contribution >= 0.6 is 11.6 Å². The number of hydrogen-bond acceptors (Lipinski definition) is 7. The Morgan fingerprint density at radius 2 is 1.61 bits per heavy atom. The molecular formula is C28H28ClN7O2. The summed E-state index contributed by atoms with van der Waals surface area (Å²) < 4.78 is 3.49. The van der Waals surface area contributed by atoms with Gasteiger partial charge < -0.3 is 20.1 Å². The maximum absolute atomic E-state index is 11.0. The van der Waals surface area contributed by atoms with E-state index in [0.717, 1.165) is 5.69 Å². The van der Waals surface area contributed by atoms with E-state index in [2.05, 4.69) is 49.6 Å². The van der Waals surface area contributed by atoms with Crippen molar-refractivity contribution >= 4 is 28.6 Å². The number of aryl methyl sites for hydroxylation is 1. The highest BCUT2D eigenvalue weighted by atomic mass is 35.5. The first kappa shape index (κ1) is 24.5. The normalized spacial score (nSPS) is 21.4. The average Bonchev–Trinajstić information content (AvgIpc) is 3.63. The Kier molecular flexibility index (Phi) is 6.57. The number of halogens is 1. The highest BCUT2D eigenvalue weighted by molar-refractivity contribution is 6.28. The Morgan fingerprint density at radius 3 is 2.24 bits per heavy atom. The van der Waals surface area contributed by atoms with Gasteiger partial charge in [0.2, 0.25) is 5.28 Å². The van der Waals surface area contributed by atoms with E-state index in [1.807, 2.05) is 55.6 Å². The summed E-state index contributed by atoms with van der Waals surface area (Å²) in [7, 11) is 0. The molecule has 6 rings (SSSR count). The second-order valence-corrected chi connectivity index (χ2v) is 10.0. The van der Waals surface area contributed by atoms with Gasteiger partial charge in [-0.1, -0.05) is 60.7 Å². The van der Waals surface area contributed by atoms with E-state index in [4.69, 9.17) is 11.6 Å². The summed E-state index contributed by atoms with van der Waals surface area (Å²) in [6.07, 6.45) is 1.91. The predicted molar refractivity (Wildman–Crippen MR) is 145 cm³/mol. The number of nitrogens with zero attached hydrogens (tertiary/aromatic N) is 6. The molecule has 1 aliphatic rings. The van der Waals surface area contributed by atoms with Gasteiger partial charge in [-0.3, -0.25) is 4.68 Å². The third-order valence-electron chi connectivity index (χ3n) is 7.33. The number of anilines is 1. The summed E-state index contributed by atoms with van der Waals surface area (Å²) in [5, 5.41) is 29.7. The fraction of sp³-hybridized carbons (Fsp3) is 0.286. The molecular weight excluding hydrogens is 502 g/mol. The Hall–Kier alpha value is -3.79. The number of aliphatic hydroxyl groups is 2. The second-order valence-electron chi connectivity index (χ2n) is 9.71. The number of aromatic nitrogens is 6. The molecule has 9 nitrogen and oxygen atoms in total. The average molecular weight is 530 g/mol. The first-order chi connectivity index (χ1) is 18.5. The zero-order chi connectivity index (χ0) is 26.2. The summed E-state index contributed by atoms with van der Waals surface area (Å²) in [6.45, 7) is 2.46. The smallest absolute Gasteiger partial charge is 0.226 e. The summed E-state index contributed by atoms with van der Waals surface area (Å²) >= 11 is 6.37. The van der Waals surface area contributed by atoms with E-state index in [1.54, 1.807) is 15.6 Å². The molecule has 0 bridgehead atoms. The number of imidazole rings is 1. The molecule has 0 spiro atoms. The fourth-order valence-corrected chi connectivity index (χ4v) is 5.56. The maximum Gasteiger partial charge on any atom is 0.226 e. The molecule has 5 aromatic rings. The number of hydrogen-bond donors (Lipinski definition) is 3. The Labute approximate surface area is 224 Å². The quantitative estimate of drug-likeness (QED) is 0.271. The summed E-state index contributed by atoms with van der Waals surface area (Å²) in [5.41, 5.74) is 4.25. The molecule has 1 aliphatic carbocycles. The van der Waals surface area contributed by atoms with Crippen molar-refractivity contribution in [3.63, 3.8) is 0 Å². The minimum atomic E-state index is -1.02. The Balaban J connectivity index is 1.30. The van der Waals surface area contributed by atoms with Gasteiger partial charge in [0, 0.05) is 18.7 Å². The van der Waals surface area contributed by atoms with Crippen LogP contribution in [0.3, 0.4) is 0 Å². The first-order valence-electron chi connectivity index (χ1n) is 12.6. The van der Waals surface area contributed by atoms with Crippen molar-refractivity contribution in [3.05, 3.63) is 101 Å². The van der Waals surface area contributed by atoms with Crippen LogP contribution in [0.5, 0.6) is 0 Å². The molecule has 2 aromatic carbocycles. The van der Waals surface area contributed by atoms with Crippen LogP contribution in [-0.4, -0.2) is 58.3 Å². The topological polar surface area (TPSA) is 114 Å². The van der Waals surface area contributed by atoms with Gasteiger partial charge in [0.1, 0.15) is 12.2 Å². The van der Waals surface area contributed by atoms with Crippen molar-refractivity contribution in [1.82, 2.24) is 29.3 Å². The van der Waals surface area contributed by atoms with Gasteiger partial charge in [-0.05, 0) is 42.1 Å². The van der Waals surface area contributed by atoms with Crippen LogP contribution in [-0.2, 0) is 0 Å². The van der Waals surface area contributed by atoms with Gasteiger partial charge in [0.15, 0.2) is 17.0 Å². The minimum absolute atomic E-state index is 0.0741. The van der Waals surface area contributed by atoms with E-state index >= 15 is 0 Å². The molecule has 3 N–H and O–H groups in total. The number of rotatable bonds is 7. The van der Waals surface area contributed by atoms with Crippen LogP contribution in [0.2, 0.25) is 5.28 Å². The Morgan fingerprint density at radius 1 is 0.947 bits per heavy atom. The van der Waals surface area contributed by atoms with Crippen molar-refractivity contribution in [3.8, 4) is 0 Å². The molecule has 3 aromatic heterocycles. The third-order valence-corrected chi connectivity index (χ3v) is 7.50. The van der Waals surface area contributed by atoms with Gasteiger partial charge in [0.05, 0.1) is 24.1 Å². The van der Waals surface area contributed by atoms with Gasteiger partial charge in [0.25, 0.3) is 0 Å². The molecule has 38 heavy (non-hydrogen) atoms. The van der Waals surface area contributed by atoms with Crippen LogP contribution in [0.1, 0.15) is 41.2 Å². The lowest BCUT2D eigenvalue weighted by atomic mass is 9.91. The molecule has 1 fully saturated rings. The lowest BCUT2D eigenvalue weighted by Crippen LogP contribution is -2.30. The van der Waals surface area contributed by atoms with E-state index < -0.39 is 18.2 Å². The largest absolute Gasteiger partial charge is 0.388 e. The van der Waals surface area contributed by atoms with Crippen molar-refractivity contribution in [1.29, 1.82) is 0 Å². The van der Waals surface area contributed by atoms with Crippen LogP contribution in [0.25, 0.3) is 11.2 Å². The highest BCUT2D eigenvalue weighted by Crippen LogP contribution is 2.40. The van der Waals surface area contributed by atoms with E-state index in [9.17, 15) is 10.2 Å². The number of benzene rings is 2. The molecule has 4 atom stereocenters. The molecule has 3 heterocycles. The van der Waals surface area contributed by atoms with E-state index in [-0.39, 0.29) is 17.2 Å². The predicted octanol–water partition coefficient (Wildman–Crippen LogP) is 4.14. The zero-order valence-corrected chi connectivity index (χ0v) is 21.5. The van der Waals surface area contributed by atoms with Crippen LogP contribution < -0.4 is 5.32 Å². The standard InChI is InChI=1S/C28H28ClN7O2/c1-17-12-13-36(34-17)22-14-21(24(37)25(22)38)35-16-31-23-26(32-28(29)33-27(23)35)30-15-20(18-8-4-2-5-9-18)19-10-6-3-7-11-19/h2-13,16,20-22,24-25,37-38H,14-15H2,1H3,(H,30,32,33)/t21-,22+,24+,25-/m1/s1. The molecule has 0 aliphatic heterocycles. The van der Waals surface area contributed by atoms with Gasteiger partial charge in [-0.15, -0.1) is 0 Å². The summed E-state index contributed by atoms with van der Waals surface area (Å²) in [6, 6.07) is 21.7. The van der Waals surface area contributed by atoms with Gasteiger partial charge >= 0.3 is 0 Å². The molecule has 10 heteroatoms. The van der Waals surface area contributed by atoms with E-state index in [0.29, 0.717) is 29.9 Å². The van der Waals surface area contributed by atoms with Crippen molar-refractivity contribution in [2.45, 2.75) is 43.6 Å². The fourth-order valence-electron chi connectivity index (χ4n) is 5.40. The zero-order valence-electron chi connectivity index (χ0n) is 20.8. The highest BCUT2D eigenvalue weighted by Gasteiger charge is 2.44. The van der Waals surface area contributed by atoms with Crippen LogP contribution in [0.15, 0.2) is 79.3 Å². The van der Waals surface area contributed by atoms with Crippen molar-refractivity contribution < 1.29 is 10.2 Å². The maximum atomic E-state index is 11.0. The SMILES string of the molecule is Cc1ccn([C@H]2C[C@@H](n3cnc4c(NCC(c5ccccc5)c5ccccc5)nc(Cl)nc43)[C@H](O)[C@@H]2O)n1. The molecule has 1 saturated carbocycles. The first-order valence-corrected chi connectivity index (χ1v) is 13.0. The van der Waals surface area contributed by atoms with Crippen LogP contribution in [0.4, 0.5) is 5.82 Å². The number of nitrogens with one attached hydrogen (secondary N) is 1. The minimum Gasteiger partial charge on any atom is -0.388 e. The Bertz CT molecular complexity index is 1500. The summed E-state index contributed by atoms with van der Waals surface area (Å²) in [5.74, 6) is 0.594. The molecule has 0 unspecified atom stereocenters. The second kappa shape index (κ2) is 10.2. The lowest BCUT2D eigenvalue weighted by molar-refractivity contribution is 0.00719. The van der Waals surface area contributed by atoms with Crippen LogP contribution in [0, 0.1) is 6.92 Å². The number of aliphatic hydroxyl groups excluding tert-OH is 2. The van der Waals surface area contributed by atoms with Crippen molar-refractivity contribution in [2.75, 3.05) is 11.9 Å². The van der Waals surface area contributed by atoms with E-state index in [1.165, 1.54) is 11.1 Å². The van der Waals surface area contributed by atoms with Gasteiger partial charge in [-0.25, -0.2) is 4.98 Å². The molecule has 0 amide bonds. The number of fused-ring (bicyclic) bond motifs is 1. The monoisotopic (exact) mass is 529 g/mol. The molecule has 0 radical (unpaired) electrons.